The molecule has 25 heavy (non-hydrogen) atoms. The minimum Gasteiger partial charge on any atom is -0.508 e. The van der Waals surface area contributed by atoms with Gasteiger partial charge in [-0.3, -0.25) is 0 Å². The molecule has 0 N–H and O–H groups in total. The van der Waals surface area contributed by atoms with Crippen LogP contribution in [0, 0.1) is 27.0 Å². The van der Waals surface area contributed by atoms with Crippen LogP contribution in [0.2, 0.25) is 5.02 Å². The number of pyridine rings is 2. The second-order valence-corrected chi connectivity index (χ2v) is 5.06. The second kappa shape index (κ2) is 9.31. The molecule has 2 heterocycles. The number of hydrogen-bond donors (Lipinski definition) is 0. The van der Waals surface area contributed by atoms with E-state index in [4.69, 9.17) is 39.0 Å². The highest BCUT2D eigenvalue weighted by atomic mass is 35.5. The first-order chi connectivity index (χ1) is 11.9. The first-order valence-corrected chi connectivity index (χ1v) is 7.35. The van der Waals surface area contributed by atoms with Crippen LogP contribution in [-0.2, 0) is 0 Å². The SMILES string of the molecule is [C-]#[N+]c1c(Cl)cc(C)nc1OC.[C-]#[N+]c1c(OC)cc(C)nc1OC. The number of halogens is 1. The van der Waals surface area contributed by atoms with Crippen molar-refractivity contribution in [3.8, 4) is 17.5 Å². The highest BCUT2D eigenvalue weighted by Gasteiger charge is 2.12. The van der Waals surface area contributed by atoms with E-state index < -0.39 is 0 Å². The zero-order valence-corrected chi connectivity index (χ0v) is 15.3. The number of aryl methyl sites for hydroxylation is 2. The van der Waals surface area contributed by atoms with Crippen molar-refractivity contribution >= 4 is 23.0 Å². The van der Waals surface area contributed by atoms with Gasteiger partial charge < -0.3 is 14.2 Å². The van der Waals surface area contributed by atoms with Crippen molar-refractivity contribution < 1.29 is 14.2 Å². The number of rotatable bonds is 3. The summed E-state index contributed by atoms with van der Waals surface area (Å²) in [5, 5.41) is 0.384. The van der Waals surface area contributed by atoms with Crippen LogP contribution < -0.4 is 14.2 Å². The molecule has 0 amide bonds. The van der Waals surface area contributed by atoms with E-state index in [9.17, 15) is 0 Å². The molecule has 0 saturated heterocycles. The first-order valence-electron chi connectivity index (χ1n) is 6.97. The molecule has 2 rings (SSSR count). The van der Waals surface area contributed by atoms with E-state index in [0.717, 1.165) is 11.4 Å². The molecular weight excluding hydrogens is 344 g/mol. The summed E-state index contributed by atoms with van der Waals surface area (Å²) in [5.41, 5.74) is 2.09. The van der Waals surface area contributed by atoms with E-state index in [0.29, 0.717) is 22.3 Å². The van der Waals surface area contributed by atoms with Crippen molar-refractivity contribution in [1.29, 1.82) is 0 Å². The summed E-state index contributed by atoms with van der Waals surface area (Å²) in [5.74, 6) is 1.10. The fourth-order valence-electron chi connectivity index (χ4n) is 1.85. The summed E-state index contributed by atoms with van der Waals surface area (Å²) in [6.45, 7) is 17.4. The quantitative estimate of drug-likeness (QED) is 0.751. The third-order valence-electron chi connectivity index (χ3n) is 2.93. The van der Waals surface area contributed by atoms with Crippen LogP contribution in [0.3, 0.4) is 0 Å². The predicted octanol–water partition coefficient (Wildman–Crippen LogP) is 4.56. The van der Waals surface area contributed by atoms with Crippen molar-refractivity contribution in [3.63, 3.8) is 0 Å². The smallest absolute Gasteiger partial charge is 0.287 e. The van der Waals surface area contributed by atoms with Crippen LogP contribution in [0.15, 0.2) is 12.1 Å². The Balaban J connectivity index is 0.000000251. The number of hydrogen-bond acceptors (Lipinski definition) is 5. The molecule has 0 radical (unpaired) electrons. The number of aromatic nitrogens is 2. The van der Waals surface area contributed by atoms with Gasteiger partial charge in [0.25, 0.3) is 11.4 Å². The van der Waals surface area contributed by atoms with Gasteiger partial charge in [0.15, 0.2) is 0 Å². The van der Waals surface area contributed by atoms with Gasteiger partial charge in [0.05, 0.1) is 39.5 Å². The predicted molar refractivity (Wildman–Crippen MR) is 95.1 cm³/mol. The summed E-state index contributed by atoms with van der Waals surface area (Å²) in [6, 6.07) is 3.34. The van der Waals surface area contributed by atoms with Crippen LogP contribution in [0.25, 0.3) is 9.69 Å². The maximum Gasteiger partial charge on any atom is 0.287 e. The molecule has 0 fully saturated rings. The zero-order valence-electron chi connectivity index (χ0n) is 14.5. The van der Waals surface area contributed by atoms with Crippen molar-refractivity contribution in [2.75, 3.05) is 21.3 Å². The lowest BCUT2D eigenvalue weighted by molar-refractivity contribution is 0.386. The number of ether oxygens (including phenoxy) is 3. The average Bonchev–Trinajstić information content (AvgIpc) is 2.60. The highest BCUT2D eigenvalue weighted by Crippen LogP contribution is 2.36. The van der Waals surface area contributed by atoms with Crippen LogP contribution in [0.1, 0.15) is 11.4 Å². The van der Waals surface area contributed by atoms with E-state index in [1.54, 1.807) is 19.1 Å². The van der Waals surface area contributed by atoms with Crippen molar-refractivity contribution in [2.45, 2.75) is 13.8 Å². The molecule has 0 bridgehead atoms. The van der Waals surface area contributed by atoms with Crippen LogP contribution >= 0.6 is 11.6 Å². The Bertz CT molecular complexity index is 816. The number of nitrogens with zero attached hydrogens (tertiary/aromatic N) is 4. The van der Waals surface area contributed by atoms with Crippen molar-refractivity contribution in [2.24, 2.45) is 0 Å². The third kappa shape index (κ3) is 4.97. The average molecular weight is 361 g/mol. The molecule has 0 saturated carbocycles. The van der Waals surface area contributed by atoms with E-state index in [2.05, 4.69) is 19.7 Å². The molecular formula is C17H17ClN4O3. The fourth-order valence-corrected chi connectivity index (χ4v) is 2.13. The number of methoxy groups -OCH3 is 3. The second-order valence-electron chi connectivity index (χ2n) is 4.65. The minimum atomic E-state index is 0.268. The lowest BCUT2D eigenvalue weighted by Gasteiger charge is -2.07. The van der Waals surface area contributed by atoms with Crippen LogP contribution in [-0.4, -0.2) is 31.3 Å². The van der Waals surface area contributed by atoms with Crippen LogP contribution in [0.5, 0.6) is 17.5 Å². The molecule has 2 aromatic rings. The summed E-state index contributed by atoms with van der Waals surface area (Å²) in [7, 11) is 4.46. The van der Waals surface area contributed by atoms with Crippen molar-refractivity contribution in [1.82, 2.24) is 9.97 Å². The van der Waals surface area contributed by atoms with Crippen LogP contribution in [0.4, 0.5) is 11.4 Å². The molecule has 0 aliphatic heterocycles. The van der Waals surface area contributed by atoms with Gasteiger partial charge in [0.2, 0.25) is 11.8 Å². The van der Waals surface area contributed by atoms with Crippen molar-refractivity contribution in [3.05, 3.63) is 51.4 Å². The summed E-state index contributed by atoms with van der Waals surface area (Å²) in [4.78, 5) is 14.6. The van der Waals surface area contributed by atoms with Gasteiger partial charge >= 0.3 is 0 Å². The Morgan fingerprint density at radius 2 is 1.32 bits per heavy atom. The largest absolute Gasteiger partial charge is 0.508 e. The van der Waals surface area contributed by atoms with Gasteiger partial charge in [0.1, 0.15) is 5.75 Å². The normalized spacial score (nSPS) is 9.12. The topological polar surface area (TPSA) is 62.2 Å². The van der Waals surface area contributed by atoms with E-state index in [1.165, 1.54) is 21.3 Å². The minimum absolute atomic E-state index is 0.268. The standard InChI is InChI=1S/C9H10N2O2.C8H7ClN2O/c1-6-5-7(12-3)8(10-2)9(11-6)13-4;1-5-4-6(9)7(10-2)8(11-5)12-3/h5H,1,3-4H3;4H,1,3H3. The van der Waals surface area contributed by atoms with Gasteiger partial charge in [0, 0.05) is 11.4 Å². The summed E-state index contributed by atoms with van der Waals surface area (Å²) in [6.07, 6.45) is 0. The monoisotopic (exact) mass is 360 g/mol. The Morgan fingerprint density at radius 1 is 0.840 bits per heavy atom. The molecule has 0 spiro atoms. The maximum absolute atomic E-state index is 6.93. The molecule has 130 valence electrons. The Labute approximate surface area is 151 Å². The van der Waals surface area contributed by atoms with Gasteiger partial charge in [-0.25, -0.2) is 19.7 Å². The fraction of sp³-hybridized carbons (Fsp3) is 0.294. The lowest BCUT2D eigenvalue weighted by atomic mass is 10.3. The van der Waals surface area contributed by atoms with Gasteiger partial charge in [-0.15, -0.1) is 0 Å². The molecule has 7 nitrogen and oxygen atoms in total. The molecule has 0 aliphatic carbocycles. The molecule has 0 atom stereocenters. The van der Waals surface area contributed by atoms with E-state index in [-0.39, 0.29) is 11.6 Å². The molecule has 2 aromatic heterocycles. The first kappa shape index (κ1) is 20.0. The highest BCUT2D eigenvalue weighted by molar-refractivity contribution is 6.33. The maximum atomic E-state index is 6.93. The van der Waals surface area contributed by atoms with Gasteiger partial charge in [-0.05, 0) is 26.0 Å². The van der Waals surface area contributed by atoms with Gasteiger partial charge in [-0.2, -0.15) is 0 Å². The summed E-state index contributed by atoms with van der Waals surface area (Å²) < 4.78 is 14.9. The molecule has 0 aromatic carbocycles. The molecule has 0 unspecified atom stereocenters. The van der Waals surface area contributed by atoms with E-state index in [1.807, 2.05) is 6.92 Å². The lowest BCUT2D eigenvalue weighted by Crippen LogP contribution is -1.93. The molecule has 0 aliphatic rings. The van der Waals surface area contributed by atoms with Gasteiger partial charge in [-0.1, -0.05) is 11.6 Å². The molecule has 8 heteroatoms. The Morgan fingerprint density at radius 3 is 1.76 bits per heavy atom. The Kier molecular flexibility index (Phi) is 7.45. The Hall–Kier alpha value is -3.03. The summed E-state index contributed by atoms with van der Waals surface area (Å²) >= 11 is 5.78. The zero-order chi connectivity index (χ0) is 19.0. The third-order valence-corrected chi connectivity index (χ3v) is 3.21. The van der Waals surface area contributed by atoms with E-state index >= 15 is 0 Å².